The number of nitrogens with one attached hydrogen (secondary N) is 1. The highest BCUT2D eigenvalue weighted by molar-refractivity contribution is 5.52. The Hall–Kier alpha value is -1.29. The fourth-order valence-corrected chi connectivity index (χ4v) is 2.03. The molecule has 4 nitrogen and oxygen atoms in total. The van der Waals surface area contributed by atoms with Crippen molar-refractivity contribution in [3.8, 4) is 0 Å². The van der Waals surface area contributed by atoms with Crippen LogP contribution in [-0.4, -0.2) is 38.3 Å². The summed E-state index contributed by atoms with van der Waals surface area (Å²) in [5.74, 6) is 1.03. The van der Waals surface area contributed by atoms with Crippen molar-refractivity contribution in [1.82, 2.24) is 4.98 Å². The monoisotopic (exact) mass is 221 g/mol. The number of rotatable bonds is 3. The molecule has 0 atom stereocenters. The SMILES string of the molecule is CNc1ccnc(N(C)C2CCOCC2)c1. The van der Waals surface area contributed by atoms with Crippen molar-refractivity contribution in [1.29, 1.82) is 0 Å². The van der Waals surface area contributed by atoms with Gasteiger partial charge in [-0.3, -0.25) is 0 Å². The van der Waals surface area contributed by atoms with Crippen LogP contribution in [0.25, 0.3) is 0 Å². The second kappa shape index (κ2) is 5.16. The van der Waals surface area contributed by atoms with Gasteiger partial charge in [-0.1, -0.05) is 0 Å². The van der Waals surface area contributed by atoms with Gasteiger partial charge < -0.3 is 15.0 Å². The Balaban J connectivity index is 2.09. The van der Waals surface area contributed by atoms with Crippen LogP contribution in [0.15, 0.2) is 18.3 Å². The third-order valence-corrected chi connectivity index (χ3v) is 3.13. The van der Waals surface area contributed by atoms with E-state index < -0.39 is 0 Å². The van der Waals surface area contributed by atoms with Crippen LogP contribution in [-0.2, 0) is 4.74 Å². The summed E-state index contributed by atoms with van der Waals surface area (Å²) in [4.78, 5) is 6.66. The lowest BCUT2D eigenvalue weighted by Crippen LogP contribution is -2.37. The molecule has 0 aromatic carbocycles. The molecule has 0 aliphatic carbocycles. The molecule has 2 rings (SSSR count). The van der Waals surface area contributed by atoms with E-state index in [4.69, 9.17) is 4.74 Å². The minimum Gasteiger partial charge on any atom is -0.388 e. The topological polar surface area (TPSA) is 37.4 Å². The number of pyridine rings is 1. The van der Waals surface area contributed by atoms with Gasteiger partial charge in [0.05, 0.1) is 0 Å². The summed E-state index contributed by atoms with van der Waals surface area (Å²) in [5, 5.41) is 3.13. The van der Waals surface area contributed by atoms with Gasteiger partial charge in [-0.15, -0.1) is 0 Å². The third-order valence-electron chi connectivity index (χ3n) is 3.13. The molecule has 1 saturated heterocycles. The Kier molecular flexibility index (Phi) is 3.62. The van der Waals surface area contributed by atoms with Crippen LogP contribution >= 0.6 is 0 Å². The number of nitrogens with zero attached hydrogens (tertiary/aromatic N) is 2. The standard InChI is InChI=1S/C12H19N3O/c1-13-10-3-6-14-12(9-10)15(2)11-4-7-16-8-5-11/h3,6,9,11H,4-5,7-8H2,1-2H3,(H,13,14). The van der Waals surface area contributed by atoms with Gasteiger partial charge in [0.15, 0.2) is 0 Å². The molecule has 1 aliphatic heterocycles. The van der Waals surface area contributed by atoms with Crippen molar-refractivity contribution >= 4 is 11.5 Å². The van der Waals surface area contributed by atoms with Gasteiger partial charge in [0.2, 0.25) is 0 Å². The van der Waals surface area contributed by atoms with E-state index in [0.717, 1.165) is 37.6 Å². The summed E-state index contributed by atoms with van der Waals surface area (Å²) in [6.45, 7) is 1.72. The highest BCUT2D eigenvalue weighted by Gasteiger charge is 2.19. The molecule has 1 aromatic heterocycles. The first-order valence-electron chi connectivity index (χ1n) is 5.75. The predicted octanol–water partition coefficient (Wildman–Crippen LogP) is 1.74. The number of hydrogen-bond acceptors (Lipinski definition) is 4. The molecule has 1 N–H and O–H groups in total. The average molecular weight is 221 g/mol. The summed E-state index contributed by atoms with van der Waals surface area (Å²) >= 11 is 0. The molecule has 4 heteroatoms. The molecule has 1 aliphatic rings. The average Bonchev–Trinajstić information content (AvgIpc) is 2.39. The summed E-state index contributed by atoms with van der Waals surface area (Å²) in [6.07, 6.45) is 4.01. The zero-order valence-corrected chi connectivity index (χ0v) is 9.94. The van der Waals surface area contributed by atoms with E-state index in [1.807, 2.05) is 19.3 Å². The molecule has 16 heavy (non-hydrogen) atoms. The molecule has 0 radical (unpaired) electrons. The Morgan fingerprint density at radius 2 is 2.19 bits per heavy atom. The smallest absolute Gasteiger partial charge is 0.130 e. The van der Waals surface area contributed by atoms with Gasteiger partial charge in [-0.05, 0) is 18.9 Å². The maximum Gasteiger partial charge on any atom is 0.130 e. The third kappa shape index (κ3) is 2.44. The second-order valence-corrected chi connectivity index (χ2v) is 4.11. The molecule has 0 bridgehead atoms. The van der Waals surface area contributed by atoms with Crippen LogP contribution in [0, 0.1) is 0 Å². The van der Waals surface area contributed by atoms with E-state index in [9.17, 15) is 0 Å². The van der Waals surface area contributed by atoms with E-state index in [1.54, 1.807) is 0 Å². The van der Waals surface area contributed by atoms with Crippen LogP contribution in [0.1, 0.15) is 12.8 Å². The van der Waals surface area contributed by atoms with E-state index in [2.05, 4.69) is 28.3 Å². The first-order chi connectivity index (χ1) is 7.81. The largest absolute Gasteiger partial charge is 0.388 e. The molecule has 0 unspecified atom stereocenters. The molecule has 1 fully saturated rings. The van der Waals surface area contributed by atoms with E-state index in [0.29, 0.717) is 6.04 Å². The van der Waals surface area contributed by atoms with Crippen molar-refractivity contribution in [2.24, 2.45) is 0 Å². The number of hydrogen-bond donors (Lipinski definition) is 1. The highest BCUT2D eigenvalue weighted by Crippen LogP contribution is 2.21. The quantitative estimate of drug-likeness (QED) is 0.843. The lowest BCUT2D eigenvalue weighted by atomic mass is 10.1. The Labute approximate surface area is 96.6 Å². The molecule has 1 aromatic rings. The molecule has 0 saturated carbocycles. The van der Waals surface area contributed by atoms with E-state index in [1.165, 1.54) is 0 Å². The van der Waals surface area contributed by atoms with Crippen LogP contribution in [0.5, 0.6) is 0 Å². The minimum atomic E-state index is 0.549. The zero-order chi connectivity index (χ0) is 11.4. The molecule has 88 valence electrons. The molecule has 0 amide bonds. The van der Waals surface area contributed by atoms with Gasteiger partial charge in [-0.25, -0.2) is 4.98 Å². The highest BCUT2D eigenvalue weighted by atomic mass is 16.5. The summed E-state index contributed by atoms with van der Waals surface area (Å²) in [6, 6.07) is 4.60. The normalized spacial score (nSPS) is 17.1. The summed E-state index contributed by atoms with van der Waals surface area (Å²) in [5.41, 5.74) is 1.10. The summed E-state index contributed by atoms with van der Waals surface area (Å²) in [7, 11) is 4.03. The second-order valence-electron chi connectivity index (χ2n) is 4.11. The van der Waals surface area contributed by atoms with Crippen molar-refractivity contribution < 1.29 is 4.74 Å². The van der Waals surface area contributed by atoms with Crippen LogP contribution in [0.3, 0.4) is 0 Å². The maximum absolute atomic E-state index is 5.37. The van der Waals surface area contributed by atoms with Gasteiger partial charge in [0.25, 0.3) is 0 Å². The molecule has 2 heterocycles. The Bertz CT molecular complexity index is 337. The molecular formula is C12H19N3O. The van der Waals surface area contributed by atoms with E-state index >= 15 is 0 Å². The summed E-state index contributed by atoms with van der Waals surface area (Å²) < 4.78 is 5.37. The molecule has 0 spiro atoms. The van der Waals surface area contributed by atoms with Crippen molar-refractivity contribution in [3.63, 3.8) is 0 Å². The van der Waals surface area contributed by atoms with E-state index in [-0.39, 0.29) is 0 Å². The predicted molar refractivity (Wildman–Crippen MR) is 66.0 cm³/mol. The van der Waals surface area contributed by atoms with Crippen molar-refractivity contribution in [2.75, 3.05) is 37.5 Å². The van der Waals surface area contributed by atoms with Crippen LogP contribution in [0.2, 0.25) is 0 Å². The lowest BCUT2D eigenvalue weighted by Gasteiger charge is -2.32. The lowest BCUT2D eigenvalue weighted by molar-refractivity contribution is 0.0853. The van der Waals surface area contributed by atoms with Crippen LogP contribution < -0.4 is 10.2 Å². The first kappa shape index (κ1) is 11.2. The van der Waals surface area contributed by atoms with Gasteiger partial charge in [0.1, 0.15) is 5.82 Å². The van der Waals surface area contributed by atoms with Crippen LogP contribution in [0.4, 0.5) is 11.5 Å². The molecular weight excluding hydrogens is 202 g/mol. The number of aromatic nitrogens is 1. The van der Waals surface area contributed by atoms with Crippen molar-refractivity contribution in [2.45, 2.75) is 18.9 Å². The zero-order valence-electron chi connectivity index (χ0n) is 9.94. The Morgan fingerprint density at radius 3 is 2.88 bits per heavy atom. The first-order valence-corrected chi connectivity index (χ1v) is 5.75. The number of anilines is 2. The minimum absolute atomic E-state index is 0.549. The van der Waals surface area contributed by atoms with Crippen molar-refractivity contribution in [3.05, 3.63) is 18.3 Å². The van der Waals surface area contributed by atoms with Gasteiger partial charge in [-0.2, -0.15) is 0 Å². The van der Waals surface area contributed by atoms with Gasteiger partial charge in [0, 0.05) is 51.3 Å². The fourth-order valence-electron chi connectivity index (χ4n) is 2.03. The van der Waals surface area contributed by atoms with Gasteiger partial charge >= 0.3 is 0 Å². The maximum atomic E-state index is 5.37. The fraction of sp³-hybridized carbons (Fsp3) is 0.583. The number of ether oxygens (including phenoxy) is 1. The Morgan fingerprint density at radius 1 is 1.44 bits per heavy atom.